The van der Waals surface area contributed by atoms with Crippen LogP contribution in [-0.2, 0) is 19.6 Å². The number of carbonyl (C=O) groups excluding carboxylic acids is 2. The molecule has 34 heavy (non-hydrogen) atoms. The van der Waals surface area contributed by atoms with Gasteiger partial charge in [-0.1, -0.05) is 48.0 Å². The van der Waals surface area contributed by atoms with Crippen LogP contribution in [0, 0.1) is 11.3 Å². The Kier molecular flexibility index (Phi) is 8.63. The Morgan fingerprint density at radius 3 is 2.29 bits per heavy atom. The van der Waals surface area contributed by atoms with Gasteiger partial charge in [-0.2, -0.15) is 5.26 Å². The van der Waals surface area contributed by atoms with Gasteiger partial charge in [0.05, 0.1) is 10.6 Å². The number of rotatable bonds is 8. The van der Waals surface area contributed by atoms with Crippen molar-refractivity contribution in [1.82, 2.24) is 15.5 Å². The molecule has 3 N–H and O–H groups in total. The average Bonchev–Trinajstić information content (AvgIpc) is 2.81. The minimum atomic E-state index is -0.423. The van der Waals surface area contributed by atoms with E-state index in [0.717, 1.165) is 17.7 Å². The summed E-state index contributed by atoms with van der Waals surface area (Å²) in [6.45, 7) is 1.50. The summed E-state index contributed by atoms with van der Waals surface area (Å²) in [6, 6.07) is 21.4. The predicted octanol–water partition coefficient (Wildman–Crippen LogP) is 4.52. The molecule has 0 fully saturated rings. The van der Waals surface area contributed by atoms with Gasteiger partial charge in [0.15, 0.2) is 0 Å². The third kappa shape index (κ3) is 7.34. The molecule has 0 unspecified atom stereocenters. The van der Waals surface area contributed by atoms with Crippen LogP contribution in [0.1, 0.15) is 32.6 Å². The quantitative estimate of drug-likeness (QED) is 0.446. The summed E-state index contributed by atoms with van der Waals surface area (Å²) in [5.41, 5.74) is 4.33. The van der Waals surface area contributed by atoms with Gasteiger partial charge in [0.2, 0.25) is 0 Å². The number of urea groups is 1. The van der Waals surface area contributed by atoms with E-state index < -0.39 is 6.03 Å². The minimum Gasteiger partial charge on any atom is -0.348 e. The van der Waals surface area contributed by atoms with Crippen LogP contribution in [0.15, 0.2) is 66.7 Å². The molecule has 3 aromatic carbocycles. The van der Waals surface area contributed by atoms with Crippen molar-refractivity contribution in [2.45, 2.75) is 19.6 Å². The highest BCUT2D eigenvalue weighted by Gasteiger charge is 2.09. The molecule has 0 aliphatic carbocycles. The van der Waals surface area contributed by atoms with Crippen LogP contribution in [-0.4, -0.2) is 30.9 Å². The second kappa shape index (κ2) is 11.8. The van der Waals surface area contributed by atoms with Crippen molar-refractivity contribution in [3.63, 3.8) is 0 Å². The van der Waals surface area contributed by atoms with Crippen molar-refractivity contribution in [2.24, 2.45) is 0 Å². The molecule has 0 atom stereocenters. The summed E-state index contributed by atoms with van der Waals surface area (Å²) in [7, 11) is 4.03. The number of hydrogen-bond acceptors (Lipinski definition) is 4. The molecular formula is C26H26ClN5O2. The van der Waals surface area contributed by atoms with Crippen LogP contribution in [0.5, 0.6) is 0 Å². The van der Waals surface area contributed by atoms with Gasteiger partial charge in [-0.25, -0.2) is 4.79 Å². The summed E-state index contributed by atoms with van der Waals surface area (Å²) in [4.78, 5) is 26.9. The highest BCUT2D eigenvalue weighted by atomic mass is 35.5. The summed E-state index contributed by atoms with van der Waals surface area (Å²) in [5, 5.41) is 17.6. The predicted molar refractivity (Wildman–Crippen MR) is 133 cm³/mol. The van der Waals surface area contributed by atoms with Crippen molar-refractivity contribution in [3.05, 3.63) is 99.6 Å². The Balaban J connectivity index is 1.53. The number of nitrogens with one attached hydrogen (secondary N) is 3. The third-order valence-electron chi connectivity index (χ3n) is 4.93. The number of hydrogen-bond donors (Lipinski definition) is 3. The third-order valence-corrected chi connectivity index (χ3v) is 5.25. The first-order chi connectivity index (χ1) is 16.3. The summed E-state index contributed by atoms with van der Waals surface area (Å²) >= 11 is 5.99. The van der Waals surface area contributed by atoms with Crippen LogP contribution < -0.4 is 16.0 Å². The maximum Gasteiger partial charge on any atom is 0.319 e. The molecule has 0 heterocycles. The van der Waals surface area contributed by atoms with Gasteiger partial charge in [-0.15, -0.1) is 0 Å². The fourth-order valence-corrected chi connectivity index (χ4v) is 3.57. The second-order valence-corrected chi connectivity index (χ2v) is 8.46. The molecule has 3 amide bonds. The topological polar surface area (TPSA) is 97.3 Å². The molecule has 0 saturated heterocycles. The van der Waals surface area contributed by atoms with E-state index in [9.17, 15) is 9.59 Å². The van der Waals surface area contributed by atoms with E-state index in [1.165, 1.54) is 11.6 Å². The first kappa shape index (κ1) is 24.8. The molecule has 0 spiro atoms. The lowest BCUT2D eigenvalue weighted by Crippen LogP contribution is -2.28. The largest absolute Gasteiger partial charge is 0.348 e. The molecule has 0 bridgehead atoms. The van der Waals surface area contributed by atoms with E-state index >= 15 is 0 Å². The molecule has 0 aliphatic rings. The first-order valence-electron chi connectivity index (χ1n) is 10.7. The molecule has 0 radical (unpaired) electrons. The van der Waals surface area contributed by atoms with Crippen molar-refractivity contribution in [1.29, 1.82) is 5.26 Å². The van der Waals surface area contributed by atoms with E-state index in [2.05, 4.69) is 33.0 Å². The Bertz CT molecular complexity index is 1220. The zero-order valence-electron chi connectivity index (χ0n) is 19.1. The second-order valence-electron chi connectivity index (χ2n) is 8.05. The van der Waals surface area contributed by atoms with E-state index in [0.29, 0.717) is 23.4 Å². The number of carbonyl (C=O) groups is 2. The lowest BCUT2D eigenvalue weighted by Gasteiger charge is -2.12. The van der Waals surface area contributed by atoms with Crippen LogP contribution >= 0.6 is 11.6 Å². The maximum absolute atomic E-state index is 12.6. The average molecular weight is 476 g/mol. The Morgan fingerprint density at radius 1 is 0.912 bits per heavy atom. The number of nitriles is 1. The van der Waals surface area contributed by atoms with Crippen molar-refractivity contribution >= 4 is 29.2 Å². The molecular weight excluding hydrogens is 450 g/mol. The van der Waals surface area contributed by atoms with Gasteiger partial charge in [-0.05, 0) is 61.1 Å². The maximum atomic E-state index is 12.6. The van der Waals surface area contributed by atoms with E-state index in [-0.39, 0.29) is 17.5 Å². The smallest absolute Gasteiger partial charge is 0.319 e. The van der Waals surface area contributed by atoms with Crippen molar-refractivity contribution < 1.29 is 9.59 Å². The fraction of sp³-hybridized carbons (Fsp3) is 0.192. The molecule has 3 aromatic rings. The van der Waals surface area contributed by atoms with E-state index in [1.807, 2.05) is 38.4 Å². The van der Waals surface area contributed by atoms with Gasteiger partial charge >= 0.3 is 6.03 Å². The zero-order chi connectivity index (χ0) is 24.5. The monoisotopic (exact) mass is 475 g/mol. The zero-order valence-corrected chi connectivity index (χ0v) is 19.8. The van der Waals surface area contributed by atoms with Crippen LogP contribution in [0.3, 0.4) is 0 Å². The van der Waals surface area contributed by atoms with Gasteiger partial charge in [0.25, 0.3) is 5.91 Å². The summed E-state index contributed by atoms with van der Waals surface area (Å²) < 4.78 is 0. The van der Waals surface area contributed by atoms with Crippen molar-refractivity contribution in [3.8, 4) is 6.07 Å². The number of nitrogens with zero attached hydrogens (tertiary/aromatic N) is 2. The highest BCUT2D eigenvalue weighted by Crippen LogP contribution is 2.20. The molecule has 3 rings (SSSR count). The molecule has 174 valence electrons. The minimum absolute atomic E-state index is 0.184. The molecule has 0 aromatic heterocycles. The normalized spacial score (nSPS) is 10.4. The lowest BCUT2D eigenvalue weighted by molar-refractivity contribution is 0.0950. The SMILES string of the molecule is CN(C)Cc1cccc(CNC(=O)c2cccc(CNC(=O)Nc3ccc(C#N)c(Cl)c3)c2)c1. The van der Waals surface area contributed by atoms with E-state index in [4.69, 9.17) is 16.9 Å². The highest BCUT2D eigenvalue weighted by molar-refractivity contribution is 6.32. The number of halogens is 1. The Morgan fingerprint density at radius 2 is 1.59 bits per heavy atom. The van der Waals surface area contributed by atoms with Crippen LogP contribution in [0.4, 0.5) is 10.5 Å². The molecule has 7 nitrogen and oxygen atoms in total. The Hall–Kier alpha value is -3.86. The number of benzene rings is 3. The van der Waals surface area contributed by atoms with Gasteiger partial charge in [-0.3, -0.25) is 4.79 Å². The van der Waals surface area contributed by atoms with Crippen molar-refractivity contribution in [2.75, 3.05) is 19.4 Å². The molecule has 0 aliphatic heterocycles. The fourth-order valence-electron chi connectivity index (χ4n) is 3.35. The van der Waals surface area contributed by atoms with Gasteiger partial charge < -0.3 is 20.9 Å². The standard InChI is InChI=1S/C26H26ClN5O2/c1-32(2)17-20-7-3-5-18(11-20)15-29-25(33)21-8-4-6-19(12-21)16-30-26(34)31-23-10-9-22(14-28)24(27)13-23/h3-13H,15-17H2,1-2H3,(H,29,33)(H2,30,31,34). The Labute approximate surface area is 204 Å². The van der Waals surface area contributed by atoms with Crippen LogP contribution in [0.2, 0.25) is 5.02 Å². The summed E-state index contributed by atoms with van der Waals surface area (Å²) in [5.74, 6) is -0.184. The van der Waals surface area contributed by atoms with Crippen LogP contribution in [0.25, 0.3) is 0 Å². The molecule has 8 heteroatoms. The number of anilines is 1. The van der Waals surface area contributed by atoms with Gasteiger partial charge in [0.1, 0.15) is 6.07 Å². The lowest BCUT2D eigenvalue weighted by atomic mass is 10.1. The van der Waals surface area contributed by atoms with Gasteiger partial charge in [0, 0.05) is 30.9 Å². The first-order valence-corrected chi connectivity index (χ1v) is 11.1. The summed E-state index contributed by atoms with van der Waals surface area (Å²) in [6.07, 6.45) is 0. The van der Waals surface area contributed by atoms with E-state index in [1.54, 1.807) is 30.3 Å². The number of amides is 3. The molecule has 0 saturated carbocycles.